The maximum Gasteiger partial charge on any atom is 0.405 e. The molecule has 0 aromatic heterocycles. The Balaban J connectivity index is 1.82. The van der Waals surface area contributed by atoms with E-state index >= 15 is 0 Å². The summed E-state index contributed by atoms with van der Waals surface area (Å²) in [6.07, 6.45) is 0. The Bertz CT molecular complexity index is 1400. The fraction of sp³-hybridized carbons (Fsp3) is 0.250. The highest BCUT2D eigenvalue weighted by molar-refractivity contribution is 8.13. The molecule has 3 aromatic rings. The summed E-state index contributed by atoms with van der Waals surface area (Å²) in [5.41, 5.74) is 2.84. The third-order valence-electron chi connectivity index (χ3n) is 6.02. The first-order valence-corrected chi connectivity index (χ1v) is 12.2. The van der Waals surface area contributed by atoms with Crippen molar-refractivity contribution in [3.63, 3.8) is 0 Å². The molecule has 0 fully saturated rings. The molecule has 0 saturated heterocycles. The molecule has 0 aliphatic carbocycles. The van der Waals surface area contributed by atoms with E-state index in [1.807, 2.05) is 55.8 Å². The molecule has 0 saturated carbocycles. The Morgan fingerprint density at radius 3 is 2.39 bits per heavy atom. The standard InChI is InChI=1S/C24H23ClNO4S/c1-14-10-13-19(31(25,28)29)15(2)21(14)30-23(27)22-24(3,4)20-17-9-7-6-8-16(17)11-12-18(20)26(22)5/h6-13H,1-5H3/q+1. The van der Waals surface area contributed by atoms with Crippen LogP contribution >= 0.6 is 10.7 Å². The van der Waals surface area contributed by atoms with Crippen molar-refractivity contribution in [2.24, 2.45) is 0 Å². The van der Waals surface area contributed by atoms with E-state index in [1.54, 1.807) is 19.9 Å². The van der Waals surface area contributed by atoms with Crippen molar-refractivity contribution in [3.05, 3.63) is 65.2 Å². The molecule has 0 atom stereocenters. The van der Waals surface area contributed by atoms with Gasteiger partial charge in [-0.05, 0) is 56.2 Å². The number of benzene rings is 3. The van der Waals surface area contributed by atoms with Gasteiger partial charge in [0.1, 0.15) is 12.8 Å². The molecule has 4 rings (SSSR count). The van der Waals surface area contributed by atoms with E-state index in [0.717, 1.165) is 22.0 Å². The molecule has 0 amide bonds. The van der Waals surface area contributed by atoms with Crippen molar-refractivity contribution in [2.45, 2.75) is 38.0 Å². The van der Waals surface area contributed by atoms with E-state index in [2.05, 4.69) is 6.07 Å². The molecule has 0 spiro atoms. The van der Waals surface area contributed by atoms with Gasteiger partial charge in [-0.2, -0.15) is 4.58 Å². The lowest BCUT2D eigenvalue weighted by Crippen LogP contribution is -2.38. The minimum atomic E-state index is -3.97. The van der Waals surface area contributed by atoms with Gasteiger partial charge in [-0.25, -0.2) is 13.2 Å². The third kappa shape index (κ3) is 3.34. The minimum Gasteiger partial charge on any atom is -0.418 e. The van der Waals surface area contributed by atoms with Gasteiger partial charge in [0.2, 0.25) is 5.69 Å². The van der Waals surface area contributed by atoms with Gasteiger partial charge in [-0.15, -0.1) is 0 Å². The van der Waals surface area contributed by atoms with Crippen LogP contribution < -0.4 is 4.74 Å². The molecule has 5 nitrogen and oxygen atoms in total. The number of ether oxygens (including phenoxy) is 1. The molecule has 7 heteroatoms. The van der Waals surface area contributed by atoms with Crippen LogP contribution in [0.2, 0.25) is 0 Å². The van der Waals surface area contributed by atoms with E-state index in [9.17, 15) is 13.2 Å². The Labute approximate surface area is 186 Å². The average molecular weight is 457 g/mol. The fourth-order valence-corrected chi connectivity index (χ4v) is 5.81. The molecule has 1 aliphatic heterocycles. The van der Waals surface area contributed by atoms with Crippen LogP contribution in [0.5, 0.6) is 5.75 Å². The Hall–Kier alpha value is -2.70. The number of aryl methyl sites for hydroxylation is 1. The number of hydrogen-bond donors (Lipinski definition) is 0. The van der Waals surface area contributed by atoms with Crippen LogP contribution in [0.3, 0.4) is 0 Å². The number of hydrogen-bond acceptors (Lipinski definition) is 4. The number of nitrogens with zero attached hydrogens (tertiary/aromatic N) is 1. The molecule has 0 N–H and O–H groups in total. The number of carbonyl (C=O) groups excluding carboxylic acids is 1. The van der Waals surface area contributed by atoms with Crippen LogP contribution in [-0.4, -0.2) is 31.7 Å². The molecular formula is C24H23ClNO4S+. The highest BCUT2D eigenvalue weighted by Crippen LogP contribution is 2.44. The second-order valence-electron chi connectivity index (χ2n) is 8.38. The predicted molar refractivity (Wildman–Crippen MR) is 122 cm³/mol. The molecule has 31 heavy (non-hydrogen) atoms. The SMILES string of the molecule is Cc1ccc(S(=O)(=O)Cl)c(C)c1OC(=O)C1=[N+](C)c2ccc3ccccc3c2C1(C)C. The summed E-state index contributed by atoms with van der Waals surface area (Å²) in [5, 5.41) is 2.19. The fourth-order valence-electron chi connectivity index (χ4n) is 4.62. The van der Waals surface area contributed by atoms with Crippen LogP contribution in [0.1, 0.15) is 30.5 Å². The number of carbonyl (C=O) groups is 1. The van der Waals surface area contributed by atoms with E-state index < -0.39 is 20.4 Å². The molecule has 3 aromatic carbocycles. The highest BCUT2D eigenvalue weighted by atomic mass is 35.7. The summed E-state index contributed by atoms with van der Waals surface area (Å²) in [5.74, 6) is -0.313. The van der Waals surface area contributed by atoms with Gasteiger partial charge in [0.05, 0.1) is 10.3 Å². The third-order valence-corrected chi connectivity index (χ3v) is 7.49. The van der Waals surface area contributed by atoms with E-state index in [1.165, 1.54) is 6.07 Å². The van der Waals surface area contributed by atoms with Crippen LogP contribution in [0.4, 0.5) is 5.69 Å². The normalized spacial score (nSPS) is 15.3. The topological polar surface area (TPSA) is 63.5 Å². The first kappa shape index (κ1) is 21.5. The summed E-state index contributed by atoms with van der Waals surface area (Å²) in [4.78, 5) is 13.4. The van der Waals surface area contributed by atoms with E-state index in [4.69, 9.17) is 15.4 Å². The molecule has 1 aliphatic rings. The number of rotatable bonds is 3. The molecule has 160 valence electrons. The molecule has 0 bridgehead atoms. The highest BCUT2D eigenvalue weighted by Gasteiger charge is 2.50. The second-order valence-corrected chi connectivity index (χ2v) is 10.9. The first-order chi connectivity index (χ1) is 14.4. The van der Waals surface area contributed by atoms with E-state index in [0.29, 0.717) is 16.8 Å². The smallest absolute Gasteiger partial charge is 0.405 e. The van der Waals surface area contributed by atoms with Gasteiger partial charge in [0.25, 0.3) is 14.8 Å². The molecule has 1 heterocycles. The van der Waals surface area contributed by atoms with Gasteiger partial charge < -0.3 is 4.74 Å². The number of esters is 1. The van der Waals surface area contributed by atoms with Gasteiger partial charge in [0.15, 0.2) is 0 Å². The second kappa shape index (κ2) is 7.18. The Kier molecular flexibility index (Phi) is 4.98. The summed E-state index contributed by atoms with van der Waals surface area (Å²) in [6.45, 7) is 7.34. The lowest BCUT2D eigenvalue weighted by molar-refractivity contribution is -0.402. The molecule has 0 radical (unpaired) electrons. The molecular weight excluding hydrogens is 434 g/mol. The van der Waals surface area contributed by atoms with Gasteiger partial charge in [0, 0.05) is 27.9 Å². The quantitative estimate of drug-likeness (QED) is 0.241. The summed E-state index contributed by atoms with van der Waals surface area (Å²) < 4.78 is 31.5. The zero-order chi connectivity index (χ0) is 22.7. The first-order valence-electron chi connectivity index (χ1n) is 9.85. The maximum atomic E-state index is 13.4. The van der Waals surface area contributed by atoms with Crippen molar-refractivity contribution >= 4 is 47.9 Å². The number of fused-ring (bicyclic) bond motifs is 3. The predicted octanol–water partition coefficient (Wildman–Crippen LogP) is 5.00. The summed E-state index contributed by atoms with van der Waals surface area (Å²) in [7, 11) is 3.44. The molecule has 0 unspecified atom stereocenters. The van der Waals surface area contributed by atoms with E-state index in [-0.39, 0.29) is 10.6 Å². The number of halogens is 1. The van der Waals surface area contributed by atoms with Crippen LogP contribution in [-0.2, 0) is 19.3 Å². The zero-order valence-corrected chi connectivity index (χ0v) is 19.6. The van der Waals surface area contributed by atoms with Gasteiger partial charge in [-0.3, -0.25) is 0 Å². The lowest BCUT2D eigenvalue weighted by atomic mass is 9.79. The Morgan fingerprint density at radius 2 is 1.71 bits per heavy atom. The van der Waals surface area contributed by atoms with Crippen molar-refractivity contribution in [1.29, 1.82) is 0 Å². The van der Waals surface area contributed by atoms with Crippen LogP contribution in [0.25, 0.3) is 10.8 Å². The zero-order valence-electron chi connectivity index (χ0n) is 18.0. The largest absolute Gasteiger partial charge is 0.418 e. The van der Waals surface area contributed by atoms with Crippen molar-refractivity contribution in [3.8, 4) is 5.75 Å². The van der Waals surface area contributed by atoms with Gasteiger partial charge >= 0.3 is 5.97 Å². The minimum absolute atomic E-state index is 0.0686. The Morgan fingerprint density at radius 1 is 1.03 bits per heavy atom. The van der Waals surface area contributed by atoms with Crippen molar-refractivity contribution in [2.75, 3.05) is 7.05 Å². The summed E-state index contributed by atoms with van der Waals surface area (Å²) >= 11 is 0. The maximum absolute atomic E-state index is 13.4. The average Bonchev–Trinajstić information content (AvgIpc) is 2.89. The van der Waals surface area contributed by atoms with Crippen LogP contribution in [0, 0.1) is 13.8 Å². The monoisotopic (exact) mass is 456 g/mol. The lowest BCUT2D eigenvalue weighted by Gasteiger charge is -2.19. The van der Waals surface area contributed by atoms with Gasteiger partial charge in [-0.1, -0.05) is 30.3 Å². The van der Waals surface area contributed by atoms with Crippen LogP contribution in [0.15, 0.2) is 53.4 Å². The van der Waals surface area contributed by atoms with Crippen molar-refractivity contribution < 1.29 is 22.5 Å². The summed E-state index contributed by atoms with van der Waals surface area (Å²) in [6, 6.07) is 15.1. The van der Waals surface area contributed by atoms with Crippen molar-refractivity contribution in [1.82, 2.24) is 0 Å².